The first-order valence-electron chi connectivity index (χ1n) is 8.65. The normalized spacial score (nSPS) is 27.7. The van der Waals surface area contributed by atoms with Crippen LogP contribution in [0, 0.1) is 0 Å². The molecule has 1 aliphatic carbocycles. The molecule has 0 radical (unpaired) electrons. The van der Waals surface area contributed by atoms with Crippen molar-refractivity contribution in [2.75, 3.05) is 7.05 Å². The lowest BCUT2D eigenvalue weighted by atomic mass is 9.86. The maximum atomic E-state index is 6.69. The van der Waals surface area contributed by atoms with E-state index in [1.807, 2.05) is 7.05 Å². The Kier molecular flexibility index (Phi) is 5.85. The first-order chi connectivity index (χ1) is 9.62. The van der Waals surface area contributed by atoms with Crippen molar-refractivity contribution in [1.82, 2.24) is 5.32 Å². The quantitative estimate of drug-likeness (QED) is 0.729. The van der Waals surface area contributed by atoms with Crippen LogP contribution in [0.3, 0.4) is 0 Å². The average Bonchev–Trinajstić information content (AvgIpc) is 2.28. The van der Waals surface area contributed by atoms with E-state index >= 15 is 0 Å². The fraction of sp³-hybridized carbons (Fsp3) is 1.00. The molecule has 3 nitrogen and oxygen atoms in total. The summed E-state index contributed by atoms with van der Waals surface area (Å²) in [5.41, 5.74) is 0. The molecule has 22 heavy (non-hydrogen) atoms. The zero-order valence-corrected chi connectivity index (χ0v) is 18.8. The summed E-state index contributed by atoms with van der Waals surface area (Å²) in [6.07, 6.45) is 1.54. The third kappa shape index (κ3) is 4.23. The van der Waals surface area contributed by atoms with Crippen LogP contribution in [-0.2, 0) is 8.85 Å². The van der Waals surface area contributed by atoms with Gasteiger partial charge in [-0.3, -0.25) is 0 Å². The highest BCUT2D eigenvalue weighted by Gasteiger charge is 2.51. The predicted octanol–water partition coefficient (Wildman–Crippen LogP) is 4.76. The van der Waals surface area contributed by atoms with Crippen molar-refractivity contribution in [3.8, 4) is 0 Å². The summed E-state index contributed by atoms with van der Waals surface area (Å²) < 4.78 is 13.3. The molecule has 0 amide bonds. The van der Waals surface area contributed by atoms with Crippen LogP contribution in [0.5, 0.6) is 0 Å². The summed E-state index contributed by atoms with van der Waals surface area (Å²) in [4.78, 5) is 0. The standard InChI is InChI=1S/C17H39NO2Si2/c1-16(2,3)21(8,9)19-14-12-13(18-7)15(14)20-22(10,11)17(4,5)6/h13-15,18H,12H2,1-11H3/t13-,14-,15-/m1/s1. The van der Waals surface area contributed by atoms with Gasteiger partial charge in [-0.1, -0.05) is 41.5 Å². The zero-order chi connectivity index (χ0) is 17.6. The summed E-state index contributed by atoms with van der Waals surface area (Å²) in [7, 11) is -1.46. The third-order valence-electron chi connectivity index (χ3n) is 6.11. The predicted molar refractivity (Wildman–Crippen MR) is 102 cm³/mol. The Morgan fingerprint density at radius 1 is 0.818 bits per heavy atom. The molecule has 1 saturated carbocycles. The van der Waals surface area contributed by atoms with Gasteiger partial charge >= 0.3 is 0 Å². The topological polar surface area (TPSA) is 30.5 Å². The zero-order valence-electron chi connectivity index (χ0n) is 16.8. The Bertz CT molecular complexity index is 383. The van der Waals surface area contributed by atoms with Gasteiger partial charge in [-0.25, -0.2) is 0 Å². The highest BCUT2D eigenvalue weighted by Crippen LogP contribution is 2.44. The second-order valence-electron chi connectivity index (χ2n) is 9.89. The Hall–Kier alpha value is 0.314. The molecule has 0 aromatic rings. The molecular formula is C17H39NO2Si2. The van der Waals surface area contributed by atoms with Gasteiger partial charge in [0.2, 0.25) is 0 Å². The molecule has 1 N–H and O–H groups in total. The first kappa shape index (κ1) is 20.4. The molecule has 0 aromatic heterocycles. The lowest BCUT2D eigenvalue weighted by Crippen LogP contribution is -2.65. The van der Waals surface area contributed by atoms with E-state index in [0.717, 1.165) is 6.42 Å². The van der Waals surface area contributed by atoms with Crippen molar-refractivity contribution >= 4 is 16.6 Å². The lowest BCUT2D eigenvalue weighted by Gasteiger charge is -2.53. The van der Waals surface area contributed by atoms with Gasteiger partial charge in [0.1, 0.15) is 0 Å². The molecule has 5 heteroatoms. The number of rotatable bonds is 5. The van der Waals surface area contributed by atoms with E-state index in [4.69, 9.17) is 8.85 Å². The highest BCUT2D eigenvalue weighted by atomic mass is 28.4. The fourth-order valence-corrected chi connectivity index (χ4v) is 4.90. The summed E-state index contributed by atoms with van der Waals surface area (Å²) in [6.45, 7) is 23.2. The maximum Gasteiger partial charge on any atom is 0.192 e. The minimum Gasteiger partial charge on any atom is -0.411 e. The van der Waals surface area contributed by atoms with Crippen LogP contribution in [-0.4, -0.2) is 41.9 Å². The maximum absolute atomic E-state index is 6.69. The van der Waals surface area contributed by atoms with Crippen LogP contribution in [0.15, 0.2) is 0 Å². The molecule has 1 rings (SSSR count). The molecule has 0 saturated heterocycles. The van der Waals surface area contributed by atoms with E-state index in [2.05, 4.69) is 73.0 Å². The number of hydrogen-bond donors (Lipinski definition) is 1. The van der Waals surface area contributed by atoms with Gasteiger partial charge in [0.05, 0.1) is 12.2 Å². The minimum absolute atomic E-state index is 0.208. The summed E-state index contributed by atoms with van der Waals surface area (Å²) in [5.74, 6) is 0. The summed E-state index contributed by atoms with van der Waals surface area (Å²) in [5, 5.41) is 3.90. The van der Waals surface area contributed by atoms with Crippen molar-refractivity contribution in [2.45, 2.75) is 102 Å². The molecular weight excluding hydrogens is 306 g/mol. The number of nitrogens with one attached hydrogen (secondary N) is 1. The average molecular weight is 346 g/mol. The van der Waals surface area contributed by atoms with E-state index in [1.54, 1.807) is 0 Å². The molecule has 3 atom stereocenters. The van der Waals surface area contributed by atoms with E-state index in [0.29, 0.717) is 6.04 Å². The first-order valence-corrected chi connectivity index (χ1v) is 14.5. The molecule has 0 aromatic carbocycles. The monoisotopic (exact) mass is 345 g/mol. The van der Waals surface area contributed by atoms with Gasteiger partial charge in [0.25, 0.3) is 0 Å². The van der Waals surface area contributed by atoms with Crippen LogP contribution in [0.4, 0.5) is 0 Å². The summed E-state index contributed by atoms with van der Waals surface area (Å²) >= 11 is 0. The van der Waals surface area contributed by atoms with Gasteiger partial charge in [0, 0.05) is 6.04 Å². The van der Waals surface area contributed by atoms with Gasteiger partial charge in [-0.2, -0.15) is 0 Å². The summed E-state index contributed by atoms with van der Waals surface area (Å²) in [6, 6.07) is 0.434. The van der Waals surface area contributed by atoms with E-state index in [9.17, 15) is 0 Å². The molecule has 132 valence electrons. The molecule has 1 fully saturated rings. The molecule has 0 unspecified atom stereocenters. The second-order valence-corrected chi connectivity index (χ2v) is 19.4. The molecule has 0 aliphatic heterocycles. The van der Waals surface area contributed by atoms with Gasteiger partial charge in [0.15, 0.2) is 16.6 Å². The Morgan fingerprint density at radius 2 is 1.23 bits per heavy atom. The lowest BCUT2D eigenvalue weighted by molar-refractivity contribution is -0.0616. The van der Waals surface area contributed by atoms with Crippen molar-refractivity contribution < 1.29 is 8.85 Å². The van der Waals surface area contributed by atoms with E-state index in [1.165, 1.54) is 0 Å². The van der Waals surface area contributed by atoms with Gasteiger partial charge < -0.3 is 14.2 Å². The van der Waals surface area contributed by atoms with Crippen molar-refractivity contribution in [3.05, 3.63) is 0 Å². The second kappa shape index (κ2) is 6.32. The van der Waals surface area contributed by atoms with Crippen LogP contribution >= 0.6 is 0 Å². The van der Waals surface area contributed by atoms with Gasteiger partial charge in [-0.05, 0) is 49.7 Å². The Balaban J connectivity index is 2.83. The van der Waals surface area contributed by atoms with Crippen molar-refractivity contribution in [2.24, 2.45) is 0 Å². The van der Waals surface area contributed by atoms with Crippen LogP contribution in [0.1, 0.15) is 48.0 Å². The van der Waals surface area contributed by atoms with Crippen LogP contribution in [0.25, 0.3) is 0 Å². The molecule has 0 bridgehead atoms. The fourth-order valence-electron chi connectivity index (χ4n) is 2.21. The minimum atomic E-state index is -1.76. The van der Waals surface area contributed by atoms with E-state index < -0.39 is 16.6 Å². The Morgan fingerprint density at radius 3 is 1.59 bits per heavy atom. The van der Waals surface area contributed by atoms with Crippen LogP contribution < -0.4 is 5.32 Å². The third-order valence-corrected chi connectivity index (χ3v) is 15.1. The van der Waals surface area contributed by atoms with E-state index in [-0.39, 0.29) is 22.3 Å². The SMILES string of the molecule is CN[C@@H]1C[C@@H](O[Si](C)(C)C(C)(C)C)[C@@H]1O[Si](C)(C)C(C)(C)C. The largest absolute Gasteiger partial charge is 0.411 e. The molecule has 0 spiro atoms. The van der Waals surface area contributed by atoms with Crippen LogP contribution in [0.2, 0.25) is 36.3 Å². The highest BCUT2D eigenvalue weighted by molar-refractivity contribution is 6.74. The van der Waals surface area contributed by atoms with Crippen molar-refractivity contribution in [1.29, 1.82) is 0 Å². The Labute approximate surface area is 140 Å². The molecule has 1 aliphatic rings. The smallest absolute Gasteiger partial charge is 0.192 e. The number of hydrogen-bond acceptors (Lipinski definition) is 3. The molecule has 0 heterocycles. The number of likely N-dealkylation sites (N-methyl/N-ethyl adjacent to an activating group) is 1. The van der Waals surface area contributed by atoms with Gasteiger partial charge in [-0.15, -0.1) is 0 Å². The van der Waals surface area contributed by atoms with Crippen molar-refractivity contribution in [3.63, 3.8) is 0 Å².